The van der Waals surface area contributed by atoms with Crippen LogP contribution >= 0.6 is 0 Å². The molecule has 1 amide bonds. The van der Waals surface area contributed by atoms with Crippen LogP contribution in [0.5, 0.6) is 0 Å². The van der Waals surface area contributed by atoms with Crippen LogP contribution in [0.3, 0.4) is 0 Å². The minimum absolute atomic E-state index is 0.0561. The molecule has 0 unspecified atom stereocenters. The molecule has 1 aliphatic heterocycles. The number of rotatable bonds is 1. The normalized spacial score (nSPS) is 17.6. The van der Waals surface area contributed by atoms with Crippen LogP contribution in [0.15, 0.2) is 36.4 Å². The SMILES string of the molecule is Cc1ccc2c(c1C)NC(=O)C[C@@H]2c1ccccc1F. The Hall–Kier alpha value is -2.16. The second-order valence-corrected chi connectivity index (χ2v) is 5.30. The van der Waals surface area contributed by atoms with Gasteiger partial charge in [0.2, 0.25) is 5.91 Å². The number of benzene rings is 2. The van der Waals surface area contributed by atoms with Crippen LogP contribution in [-0.4, -0.2) is 5.91 Å². The smallest absolute Gasteiger partial charge is 0.225 e. The summed E-state index contributed by atoms with van der Waals surface area (Å²) in [6.45, 7) is 3.99. The third-order valence-electron chi connectivity index (χ3n) is 4.08. The summed E-state index contributed by atoms with van der Waals surface area (Å²) in [4.78, 5) is 12.0. The molecule has 1 aliphatic rings. The summed E-state index contributed by atoms with van der Waals surface area (Å²) in [6, 6.07) is 10.7. The second kappa shape index (κ2) is 4.75. The predicted octanol–water partition coefficient (Wildman–Crippen LogP) is 3.92. The standard InChI is InChI=1S/C17H16FNO/c1-10-7-8-13-14(12-5-3-4-6-15(12)18)9-16(20)19-17(13)11(10)2/h3-8,14H,9H2,1-2H3,(H,19,20)/t14-/m1/s1. The number of anilines is 1. The first-order valence-electron chi connectivity index (χ1n) is 6.72. The Morgan fingerprint density at radius 3 is 2.60 bits per heavy atom. The molecule has 1 N–H and O–H groups in total. The molecule has 1 heterocycles. The molecule has 20 heavy (non-hydrogen) atoms. The van der Waals surface area contributed by atoms with Crippen LogP contribution in [0.1, 0.15) is 34.6 Å². The van der Waals surface area contributed by atoms with Gasteiger partial charge in [0.05, 0.1) is 0 Å². The maximum Gasteiger partial charge on any atom is 0.225 e. The second-order valence-electron chi connectivity index (χ2n) is 5.30. The van der Waals surface area contributed by atoms with Crippen molar-refractivity contribution in [2.24, 2.45) is 0 Å². The van der Waals surface area contributed by atoms with Crippen molar-refractivity contribution in [1.82, 2.24) is 0 Å². The molecule has 0 saturated carbocycles. The van der Waals surface area contributed by atoms with E-state index in [-0.39, 0.29) is 24.1 Å². The quantitative estimate of drug-likeness (QED) is 0.835. The summed E-state index contributed by atoms with van der Waals surface area (Å²) >= 11 is 0. The topological polar surface area (TPSA) is 29.1 Å². The third kappa shape index (κ3) is 1.99. The van der Waals surface area contributed by atoms with Gasteiger partial charge in [-0.1, -0.05) is 30.3 Å². The van der Waals surface area contributed by atoms with Crippen molar-refractivity contribution in [2.75, 3.05) is 5.32 Å². The van der Waals surface area contributed by atoms with Crippen LogP contribution in [0.4, 0.5) is 10.1 Å². The molecule has 0 fully saturated rings. The summed E-state index contributed by atoms with van der Waals surface area (Å²) in [5, 5.41) is 2.93. The third-order valence-corrected chi connectivity index (χ3v) is 4.08. The van der Waals surface area contributed by atoms with Gasteiger partial charge in [0.25, 0.3) is 0 Å². The molecule has 0 radical (unpaired) electrons. The van der Waals surface area contributed by atoms with E-state index in [0.717, 1.165) is 22.4 Å². The first kappa shape index (κ1) is 12.9. The first-order chi connectivity index (χ1) is 9.58. The van der Waals surface area contributed by atoms with Gasteiger partial charge in [-0.3, -0.25) is 4.79 Å². The fourth-order valence-corrected chi connectivity index (χ4v) is 2.81. The van der Waals surface area contributed by atoms with Crippen LogP contribution in [0.2, 0.25) is 0 Å². The number of aryl methyl sites for hydroxylation is 1. The van der Waals surface area contributed by atoms with Gasteiger partial charge in [-0.2, -0.15) is 0 Å². The molecule has 2 aromatic carbocycles. The molecule has 1 atom stereocenters. The number of halogens is 1. The highest BCUT2D eigenvalue weighted by molar-refractivity contribution is 5.96. The average molecular weight is 269 g/mol. The Morgan fingerprint density at radius 1 is 1.10 bits per heavy atom. The van der Waals surface area contributed by atoms with Gasteiger partial charge in [0.15, 0.2) is 0 Å². The van der Waals surface area contributed by atoms with Crippen molar-refractivity contribution in [3.8, 4) is 0 Å². The van der Waals surface area contributed by atoms with Gasteiger partial charge in [0.1, 0.15) is 5.82 Å². The van der Waals surface area contributed by atoms with Crippen LogP contribution in [0, 0.1) is 19.7 Å². The summed E-state index contributed by atoms with van der Waals surface area (Å²) in [5.74, 6) is -0.518. The number of hydrogen-bond acceptors (Lipinski definition) is 1. The summed E-state index contributed by atoms with van der Waals surface area (Å²) in [6.07, 6.45) is 0.288. The molecular formula is C17H16FNO. The van der Waals surface area contributed by atoms with E-state index in [1.54, 1.807) is 12.1 Å². The highest BCUT2D eigenvalue weighted by atomic mass is 19.1. The highest BCUT2D eigenvalue weighted by Gasteiger charge is 2.29. The molecule has 2 nitrogen and oxygen atoms in total. The lowest BCUT2D eigenvalue weighted by Gasteiger charge is -2.28. The van der Waals surface area contributed by atoms with E-state index in [2.05, 4.69) is 5.32 Å². The molecule has 0 saturated heterocycles. The fraction of sp³-hybridized carbons (Fsp3) is 0.235. The van der Waals surface area contributed by atoms with E-state index in [4.69, 9.17) is 0 Å². The lowest BCUT2D eigenvalue weighted by atomic mass is 9.82. The first-order valence-corrected chi connectivity index (χ1v) is 6.72. The molecule has 3 heteroatoms. The van der Waals surface area contributed by atoms with E-state index in [1.807, 2.05) is 32.0 Å². The van der Waals surface area contributed by atoms with Gasteiger partial charge in [-0.25, -0.2) is 4.39 Å². The van der Waals surface area contributed by atoms with Gasteiger partial charge < -0.3 is 5.32 Å². The van der Waals surface area contributed by atoms with E-state index in [0.29, 0.717) is 5.56 Å². The van der Waals surface area contributed by atoms with Gasteiger partial charge in [-0.05, 0) is 42.2 Å². The maximum atomic E-state index is 14.0. The number of carbonyl (C=O) groups is 1. The Kier molecular flexibility index (Phi) is 3.05. The zero-order valence-corrected chi connectivity index (χ0v) is 11.5. The molecule has 0 spiro atoms. The Bertz CT molecular complexity index is 693. The molecule has 0 bridgehead atoms. The van der Waals surface area contributed by atoms with Crippen LogP contribution < -0.4 is 5.32 Å². The van der Waals surface area contributed by atoms with Crippen molar-refractivity contribution >= 4 is 11.6 Å². The van der Waals surface area contributed by atoms with Crippen molar-refractivity contribution in [3.05, 3.63) is 64.5 Å². The fourth-order valence-electron chi connectivity index (χ4n) is 2.81. The van der Waals surface area contributed by atoms with Crippen molar-refractivity contribution < 1.29 is 9.18 Å². The van der Waals surface area contributed by atoms with Crippen molar-refractivity contribution in [3.63, 3.8) is 0 Å². The van der Waals surface area contributed by atoms with Gasteiger partial charge >= 0.3 is 0 Å². The zero-order valence-electron chi connectivity index (χ0n) is 11.5. The van der Waals surface area contributed by atoms with Crippen molar-refractivity contribution in [2.45, 2.75) is 26.2 Å². The molecule has 0 aromatic heterocycles. The molecular weight excluding hydrogens is 253 g/mol. The van der Waals surface area contributed by atoms with Crippen molar-refractivity contribution in [1.29, 1.82) is 0 Å². The number of hydrogen-bond donors (Lipinski definition) is 1. The summed E-state index contributed by atoms with van der Waals surface area (Å²) in [5.41, 5.74) is 4.61. The lowest BCUT2D eigenvalue weighted by Crippen LogP contribution is -2.25. The summed E-state index contributed by atoms with van der Waals surface area (Å²) < 4.78 is 14.0. The van der Waals surface area contributed by atoms with Gasteiger partial charge in [-0.15, -0.1) is 0 Å². The van der Waals surface area contributed by atoms with E-state index < -0.39 is 0 Å². The summed E-state index contributed by atoms with van der Waals surface area (Å²) in [7, 11) is 0. The molecule has 2 aromatic rings. The molecule has 102 valence electrons. The van der Waals surface area contributed by atoms with Crippen LogP contribution in [-0.2, 0) is 4.79 Å². The Morgan fingerprint density at radius 2 is 1.85 bits per heavy atom. The maximum absolute atomic E-state index is 14.0. The number of fused-ring (bicyclic) bond motifs is 1. The highest BCUT2D eigenvalue weighted by Crippen LogP contribution is 2.40. The average Bonchev–Trinajstić information content (AvgIpc) is 2.43. The largest absolute Gasteiger partial charge is 0.326 e. The minimum atomic E-state index is -0.253. The Labute approximate surface area is 117 Å². The lowest BCUT2D eigenvalue weighted by molar-refractivity contribution is -0.116. The van der Waals surface area contributed by atoms with E-state index in [9.17, 15) is 9.18 Å². The van der Waals surface area contributed by atoms with Gasteiger partial charge in [0, 0.05) is 18.0 Å². The number of carbonyl (C=O) groups excluding carboxylic acids is 1. The number of nitrogens with one attached hydrogen (secondary N) is 1. The van der Waals surface area contributed by atoms with E-state index in [1.165, 1.54) is 6.07 Å². The molecule has 0 aliphatic carbocycles. The minimum Gasteiger partial charge on any atom is -0.326 e. The Balaban J connectivity index is 2.19. The predicted molar refractivity (Wildman–Crippen MR) is 77.4 cm³/mol. The zero-order chi connectivity index (χ0) is 14.3. The van der Waals surface area contributed by atoms with Crippen LogP contribution in [0.25, 0.3) is 0 Å². The molecule has 3 rings (SSSR count). The van der Waals surface area contributed by atoms with E-state index >= 15 is 0 Å². The number of amides is 1. The monoisotopic (exact) mass is 269 g/mol.